The molecule has 0 saturated carbocycles. The van der Waals surface area contributed by atoms with Crippen molar-refractivity contribution in [2.45, 2.75) is 51.4 Å². The summed E-state index contributed by atoms with van der Waals surface area (Å²) in [6.45, 7) is 2.67. The van der Waals surface area contributed by atoms with Crippen LogP contribution in [-0.4, -0.2) is 42.9 Å². The minimum absolute atomic E-state index is 0.000112. The summed E-state index contributed by atoms with van der Waals surface area (Å²) < 4.78 is 0. The molecular formula is C22H31N3O2. The molecule has 0 radical (unpaired) electrons. The first kappa shape index (κ1) is 19.5. The lowest BCUT2D eigenvalue weighted by Crippen LogP contribution is -2.35. The molecule has 2 amide bonds. The number of piperidine rings is 1. The zero-order valence-electron chi connectivity index (χ0n) is 16.1. The van der Waals surface area contributed by atoms with Gasteiger partial charge in [-0.25, -0.2) is 0 Å². The van der Waals surface area contributed by atoms with Gasteiger partial charge in [-0.15, -0.1) is 0 Å². The van der Waals surface area contributed by atoms with Crippen LogP contribution < -0.4 is 10.6 Å². The van der Waals surface area contributed by atoms with E-state index in [1.807, 2.05) is 29.2 Å². The largest absolute Gasteiger partial charge is 0.376 e. The Morgan fingerprint density at radius 2 is 1.74 bits per heavy atom. The molecule has 0 spiro atoms. The van der Waals surface area contributed by atoms with Gasteiger partial charge in [-0.2, -0.15) is 0 Å². The smallest absolute Gasteiger partial charge is 0.253 e. The maximum atomic E-state index is 12.5. The fraction of sp³-hybridized carbons (Fsp3) is 0.545. The van der Waals surface area contributed by atoms with Crippen molar-refractivity contribution >= 4 is 17.5 Å². The first-order valence-electron chi connectivity index (χ1n) is 10.3. The molecule has 5 nitrogen and oxygen atoms in total. The summed E-state index contributed by atoms with van der Waals surface area (Å²) in [6, 6.07) is 7.42. The van der Waals surface area contributed by atoms with E-state index in [1.54, 1.807) is 0 Å². The first-order valence-corrected chi connectivity index (χ1v) is 10.3. The lowest BCUT2D eigenvalue weighted by Gasteiger charge is -2.26. The Morgan fingerprint density at radius 3 is 2.44 bits per heavy atom. The number of hydrogen-bond donors (Lipinski definition) is 2. The highest BCUT2D eigenvalue weighted by atomic mass is 16.2. The summed E-state index contributed by atoms with van der Waals surface area (Å²) in [7, 11) is 0. The number of anilines is 1. The van der Waals surface area contributed by atoms with Crippen LogP contribution >= 0.6 is 0 Å². The number of nitrogens with one attached hydrogen (secondary N) is 2. The van der Waals surface area contributed by atoms with E-state index in [0.717, 1.165) is 38.0 Å². The molecule has 1 heterocycles. The van der Waals surface area contributed by atoms with Crippen molar-refractivity contribution in [3.8, 4) is 0 Å². The van der Waals surface area contributed by atoms with Gasteiger partial charge in [0, 0.05) is 30.9 Å². The minimum Gasteiger partial charge on any atom is -0.376 e. The second-order valence-corrected chi connectivity index (χ2v) is 7.49. The molecule has 0 unspecified atom stereocenters. The SMILES string of the molecule is O=C(CNc1ccc(C(=O)N2CCCCC2)cc1)NCCC1=CCCCC1. The van der Waals surface area contributed by atoms with Crippen molar-refractivity contribution in [1.82, 2.24) is 10.2 Å². The van der Waals surface area contributed by atoms with Gasteiger partial charge in [-0.1, -0.05) is 11.6 Å². The van der Waals surface area contributed by atoms with Gasteiger partial charge in [0.05, 0.1) is 6.54 Å². The van der Waals surface area contributed by atoms with E-state index < -0.39 is 0 Å². The van der Waals surface area contributed by atoms with Gasteiger partial charge in [0.1, 0.15) is 0 Å². The van der Waals surface area contributed by atoms with Crippen molar-refractivity contribution < 1.29 is 9.59 Å². The molecule has 1 fully saturated rings. The van der Waals surface area contributed by atoms with Crippen LogP contribution in [0.2, 0.25) is 0 Å². The maximum absolute atomic E-state index is 12.5. The molecule has 3 rings (SSSR count). The number of carbonyl (C=O) groups is 2. The summed E-state index contributed by atoms with van der Waals surface area (Å²) >= 11 is 0. The van der Waals surface area contributed by atoms with Gasteiger partial charge in [-0.3, -0.25) is 9.59 Å². The Hall–Kier alpha value is -2.30. The van der Waals surface area contributed by atoms with Crippen LogP contribution in [-0.2, 0) is 4.79 Å². The van der Waals surface area contributed by atoms with Crippen molar-refractivity contribution in [3.63, 3.8) is 0 Å². The highest BCUT2D eigenvalue weighted by molar-refractivity contribution is 5.94. The molecule has 0 atom stereocenters. The maximum Gasteiger partial charge on any atom is 0.253 e. The third-order valence-corrected chi connectivity index (χ3v) is 5.38. The number of likely N-dealkylation sites (tertiary alicyclic amines) is 1. The van der Waals surface area contributed by atoms with Gasteiger partial charge in [-0.05, 0) is 75.6 Å². The van der Waals surface area contributed by atoms with E-state index in [0.29, 0.717) is 12.1 Å². The topological polar surface area (TPSA) is 61.4 Å². The van der Waals surface area contributed by atoms with Crippen molar-refractivity contribution in [3.05, 3.63) is 41.5 Å². The van der Waals surface area contributed by atoms with Gasteiger partial charge < -0.3 is 15.5 Å². The van der Waals surface area contributed by atoms with E-state index in [1.165, 1.54) is 37.7 Å². The molecule has 146 valence electrons. The number of rotatable bonds is 7. The van der Waals surface area contributed by atoms with Crippen molar-refractivity contribution in [2.24, 2.45) is 0 Å². The molecule has 1 aliphatic carbocycles. The van der Waals surface area contributed by atoms with Crippen molar-refractivity contribution in [2.75, 3.05) is 31.5 Å². The van der Waals surface area contributed by atoms with E-state index in [-0.39, 0.29) is 18.4 Å². The average Bonchev–Trinajstić information content (AvgIpc) is 2.73. The number of nitrogens with zero attached hydrogens (tertiary/aromatic N) is 1. The minimum atomic E-state index is -0.000112. The standard InChI is InChI=1S/C22H31N3O2/c26-21(23-14-13-18-7-3-1-4-8-18)17-24-20-11-9-19(10-12-20)22(27)25-15-5-2-6-16-25/h7,9-12,24H,1-6,8,13-17H2,(H,23,26). The summed E-state index contributed by atoms with van der Waals surface area (Å²) in [5.74, 6) is 0.107. The third kappa shape index (κ3) is 6.12. The van der Waals surface area contributed by atoms with Crippen LogP contribution in [0.25, 0.3) is 0 Å². The third-order valence-electron chi connectivity index (χ3n) is 5.38. The Balaban J connectivity index is 1.38. The fourth-order valence-electron chi connectivity index (χ4n) is 3.75. The number of hydrogen-bond acceptors (Lipinski definition) is 3. The molecule has 0 aromatic heterocycles. The van der Waals surface area contributed by atoms with Gasteiger partial charge in [0.15, 0.2) is 0 Å². The van der Waals surface area contributed by atoms with Crippen LogP contribution in [0.1, 0.15) is 61.7 Å². The molecule has 2 aliphatic rings. The lowest BCUT2D eigenvalue weighted by molar-refractivity contribution is -0.119. The molecule has 1 aliphatic heterocycles. The lowest BCUT2D eigenvalue weighted by atomic mass is 9.97. The molecule has 1 aromatic rings. The van der Waals surface area contributed by atoms with E-state index >= 15 is 0 Å². The number of carbonyl (C=O) groups excluding carboxylic acids is 2. The Bertz CT molecular complexity index is 661. The summed E-state index contributed by atoms with van der Waals surface area (Å²) in [5.41, 5.74) is 3.05. The first-order chi connectivity index (χ1) is 13.2. The highest BCUT2D eigenvalue weighted by Gasteiger charge is 2.17. The Kier molecular flexibility index (Phi) is 7.31. The Morgan fingerprint density at radius 1 is 0.963 bits per heavy atom. The predicted octanol–water partition coefficient (Wildman–Crippen LogP) is 3.73. The Labute approximate surface area is 162 Å². The predicted molar refractivity (Wildman–Crippen MR) is 109 cm³/mol. The summed E-state index contributed by atoms with van der Waals surface area (Å²) in [4.78, 5) is 26.4. The van der Waals surface area contributed by atoms with Gasteiger partial charge >= 0.3 is 0 Å². The van der Waals surface area contributed by atoms with Crippen LogP contribution in [0.15, 0.2) is 35.9 Å². The zero-order valence-corrected chi connectivity index (χ0v) is 16.1. The van der Waals surface area contributed by atoms with Crippen LogP contribution in [0.4, 0.5) is 5.69 Å². The fourth-order valence-corrected chi connectivity index (χ4v) is 3.75. The normalized spacial score (nSPS) is 17.2. The molecule has 1 saturated heterocycles. The molecule has 1 aromatic carbocycles. The van der Waals surface area contributed by atoms with Crippen LogP contribution in [0.3, 0.4) is 0 Å². The average molecular weight is 370 g/mol. The second kappa shape index (κ2) is 10.1. The number of allylic oxidation sites excluding steroid dienone is 1. The quantitative estimate of drug-likeness (QED) is 0.720. The molecular weight excluding hydrogens is 338 g/mol. The van der Waals surface area contributed by atoms with Gasteiger partial charge in [0.25, 0.3) is 5.91 Å². The summed E-state index contributed by atoms with van der Waals surface area (Å²) in [6.07, 6.45) is 11.6. The molecule has 5 heteroatoms. The molecule has 2 N–H and O–H groups in total. The van der Waals surface area contributed by atoms with E-state index in [2.05, 4.69) is 16.7 Å². The molecule has 27 heavy (non-hydrogen) atoms. The van der Waals surface area contributed by atoms with E-state index in [9.17, 15) is 9.59 Å². The summed E-state index contributed by atoms with van der Waals surface area (Å²) in [5, 5.41) is 6.10. The monoisotopic (exact) mass is 369 g/mol. The van der Waals surface area contributed by atoms with Crippen molar-refractivity contribution in [1.29, 1.82) is 0 Å². The molecule has 0 bridgehead atoms. The second-order valence-electron chi connectivity index (χ2n) is 7.49. The van der Waals surface area contributed by atoms with E-state index in [4.69, 9.17) is 0 Å². The number of benzene rings is 1. The highest BCUT2D eigenvalue weighted by Crippen LogP contribution is 2.19. The van der Waals surface area contributed by atoms with Crippen LogP contribution in [0.5, 0.6) is 0 Å². The van der Waals surface area contributed by atoms with Gasteiger partial charge in [0.2, 0.25) is 5.91 Å². The van der Waals surface area contributed by atoms with Crippen LogP contribution in [0, 0.1) is 0 Å². The number of amides is 2. The zero-order chi connectivity index (χ0) is 18.9.